The molecule has 1 rings (SSSR count). The van der Waals surface area contributed by atoms with Gasteiger partial charge in [0.2, 0.25) is 0 Å². The molecule has 15 heavy (non-hydrogen) atoms. The minimum absolute atomic E-state index is 1.01. The van der Waals surface area contributed by atoms with Gasteiger partial charge in [0.05, 0.1) is 0 Å². The number of nitrogens with zero attached hydrogens (tertiary/aromatic N) is 1. The number of hydrogen-bond donors (Lipinski definition) is 1. The molecule has 90 valence electrons. The zero-order valence-corrected chi connectivity index (χ0v) is 10.6. The first-order valence-corrected chi connectivity index (χ1v) is 6.73. The summed E-state index contributed by atoms with van der Waals surface area (Å²) in [6, 6.07) is 0. The molecule has 1 aliphatic rings. The molecule has 0 amide bonds. The van der Waals surface area contributed by atoms with Crippen LogP contribution in [0.3, 0.4) is 0 Å². The van der Waals surface area contributed by atoms with Crippen LogP contribution in [0.2, 0.25) is 0 Å². The normalized spacial score (nSPS) is 22.4. The summed E-state index contributed by atoms with van der Waals surface area (Å²) in [7, 11) is 2.04. The van der Waals surface area contributed by atoms with E-state index in [2.05, 4.69) is 17.1 Å². The van der Waals surface area contributed by atoms with Gasteiger partial charge in [0.15, 0.2) is 0 Å². The topological polar surface area (TPSA) is 15.3 Å². The molecular formula is C13H28N2. The van der Waals surface area contributed by atoms with E-state index in [1.807, 2.05) is 7.05 Å². The van der Waals surface area contributed by atoms with Gasteiger partial charge in [0, 0.05) is 6.54 Å². The number of nitrogens with one attached hydrogen (secondary N) is 1. The second-order valence-corrected chi connectivity index (χ2v) is 4.91. The lowest BCUT2D eigenvalue weighted by Gasteiger charge is -2.15. The van der Waals surface area contributed by atoms with E-state index < -0.39 is 0 Å². The fraction of sp³-hybridized carbons (Fsp3) is 1.00. The molecule has 0 aromatic rings. The van der Waals surface area contributed by atoms with Crippen molar-refractivity contribution in [3.8, 4) is 0 Å². The Morgan fingerprint density at radius 3 is 2.87 bits per heavy atom. The minimum Gasteiger partial charge on any atom is -0.320 e. The molecule has 0 aliphatic carbocycles. The molecule has 1 fully saturated rings. The fourth-order valence-electron chi connectivity index (χ4n) is 2.57. The van der Waals surface area contributed by atoms with Crippen LogP contribution >= 0.6 is 0 Å². The molecule has 1 atom stereocenters. The smallest absolute Gasteiger partial charge is 0.00101 e. The molecule has 1 aliphatic heterocycles. The van der Waals surface area contributed by atoms with Gasteiger partial charge in [-0.1, -0.05) is 19.8 Å². The monoisotopic (exact) mass is 212 g/mol. The number of hydrogen-bond acceptors (Lipinski definition) is 2. The van der Waals surface area contributed by atoms with Gasteiger partial charge in [-0.15, -0.1) is 0 Å². The van der Waals surface area contributed by atoms with Gasteiger partial charge in [-0.05, 0) is 58.3 Å². The van der Waals surface area contributed by atoms with Gasteiger partial charge in [0.1, 0.15) is 0 Å². The van der Waals surface area contributed by atoms with Crippen LogP contribution in [0.15, 0.2) is 0 Å². The summed E-state index contributed by atoms with van der Waals surface area (Å²) in [5.74, 6) is 1.01. The highest BCUT2D eigenvalue weighted by Crippen LogP contribution is 2.20. The van der Waals surface area contributed by atoms with Crippen molar-refractivity contribution in [3.63, 3.8) is 0 Å². The second kappa shape index (κ2) is 8.12. The molecule has 2 nitrogen and oxygen atoms in total. The molecule has 0 aromatic heterocycles. The average molecular weight is 212 g/mol. The number of rotatable bonds is 8. The summed E-state index contributed by atoms with van der Waals surface area (Å²) in [5, 5.41) is 3.21. The molecule has 1 unspecified atom stereocenters. The Kier molecular flexibility index (Phi) is 7.03. The van der Waals surface area contributed by atoms with Crippen molar-refractivity contribution in [1.82, 2.24) is 10.2 Å². The van der Waals surface area contributed by atoms with Crippen molar-refractivity contribution < 1.29 is 0 Å². The third-order valence-corrected chi connectivity index (χ3v) is 3.47. The third-order valence-electron chi connectivity index (χ3n) is 3.47. The SMILES string of the molecule is CCCC1CCN(CCCCCNC)C1. The molecule has 0 aromatic carbocycles. The highest BCUT2D eigenvalue weighted by Gasteiger charge is 2.20. The lowest BCUT2D eigenvalue weighted by Crippen LogP contribution is -2.22. The molecule has 1 N–H and O–H groups in total. The average Bonchev–Trinajstić information content (AvgIpc) is 2.66. The van der Waals surface area contributed by atoms with Gasteiger partial charge in [-0.25, -0.2) is 0 Å². The Labute approximate surface area is 95.4 Å². The van der Waals surface area contributed by atoms with Gasteiger partial charge >= 0.3 is 0 Å². The van der Waals surface area contributed by atoms with Crippen molar-refractivity contribution >= 4 is 0 Å². The zero-order valence-electron chi connectivity index (χ0n) is 10.6. The summed E-state index contributed by atoms with van der Waals surface area (Å²) in [4.78, 5) is 2.67. The van der Waals surface area contributed by atoms with Crippen molar-refractivity contribution in [1.29, 1.82) is 0 Å². The molecule has 0 saturated carbocycles. The van der Waals surface area contributed by atoms with Crippen LogP contribution in [-0.2, 0) is 0 Å². The lowest BCUT2D eigenvalue weighted by molar-refractivity contribution is 0.311. The highest BCUT2D eigenvalue weighted by atomic mass is 15.1. The van der Waals surface area contributed by atoms with Crippen LogP contribution in [0.4, 0.5) is 0 Å². The number of unbranched alkanes of at least 4 members (excludes halogenated alkanes) is 2. The predicted octanol–water partition coefficient (Wildman–Crippen LogP) is 2.50. The van der Waals surface area contributed by atoms with Crippen LogP contribution in [0.25, 0.3) is 0 Å². The van der Waals surface area contributed by atoms with E-state index in [0.717, 1.165) is 5.92 Å². The van der Waals surface area contributed by atoms with E-state index in [9.17, 15) is 0 Å². The summed E-state index contributed by atoms with van der Waals surface area (Å²) in [6.45, 7) is 7.55. The van der Waals surface area contributed by atoms with Crippen molar-refractivity contribution in [2.24, 2.45) is 5.92 Å². The maximum absolute atomic E-state index is 3.21. The predicted molar refractivity (Wildman–Crippen MR) is 67.2 cm³/mol. The van der Waals surface area contributed by atoms with E-state index in [1.165, 1.54) is 64.7 Å². The van der Waals surface area contributed by atoms with Gasteiger partial charge in [-0.2, -0.15) is 0 Å². The zero-order chi connectivity index (χ0) is 10.9. The van der Waals surface area contributed by atoms with E-state index in [-0.39, 0.29) is 0 Å². The molecule has 1 saturated heterocycles. The van der Waals surface area contributed by atoms with Gasteiger partial charge < -0.3 is 10.2 Å². The lowest BCUT2D eigenvalue weighted by atomic mass is 10.0. The van der Waals surface area contributed by atoms with Crippen LogP contribution in [0, 0.1) is 5.92 Å². The summed E-state index contributed by atoms with van der Waals surface area (Å²) in [6.07, 6.45) is 8.36. The molecule has 0 radical (unpaired) electrons. The molecule has 1 heterocycles. The van der Waals surface area contributed by atoms with E-state index in [1.54, 1.807) is 0 Å². The van der Waals surface area contributed by atoms with Crippen LogP contribution in [0.5, 0.6) is 0 Å². The van der Waals surface area contributed by atoms with Crippen LogP contribution in [0.1, 0.15) is 45.4 Å². The summed E-state index contributed by atoms with van der Waals surface area (Å²) >= 11 is 0. The van der Waals surface area contributed by atoms with E-state index >= 15 is 0 Å². The third kappa shape index (κ3) is 5.53. The largest absolute Gasteiger partial charge is 0.320 e. The van der Waals surface area contributed by atoms with Crippen LogP contribution in [-0.4, -0.2) is 38.1 Å². The molecule has 0 bridgehead atoms. The quantitative estimate of drug-likeness (QED) is 0.622. The van der Waals surface area contributed by atoms with Gasteiger partial charge in [-0.3, -0.25) is 0 Å². The van der Waals surface area contributed by atoms with Gasteiger partial charge in [0.25, 0.3) is 0 Å². The second-order valence-electron chi connectivity index (χ2n) is 4.91. The molecular weight excluding hydrogens is 184 g/mol. The van der Waals surface area contributed by atoms with Crippen molar-refractivity contribution in [2.75, 3.05) is 33.2 Å². The Hall–Kier alpha value is -0.0800. The Morgan fingerprint density at radius 1 is 1.27 bits per heavy atom. The summed E-state index contributed by atoms with van der Waals surface area (Å²) in [5.41, 5.74) is 0. The fourth-order valence-corrected chi connectivity index (χ4v) is 2.57. The molecule has 2 heteroatoms. The Balaban J connectivity index is 1.94. The minimum atomic E-state index is 1.01. The van der Waals surface area contributed by atoms with E-state index in [0.29, 0.717) is 0 Å². The highest BCUT2D eigenvalue weighted by molar-refractivity contribution is 4.74. The Morgan fingerprint density at radius 2 is 2.13 bits per heavy atom. The molecule has 0 spiro atoms. The van der Waals surface area contributed by atoms with Crippen molar-refractivity contribution in [2.45, 2.75) is 45.4 Å². The van der Waals surface area contributed by atoms with Crippen molar-refractivity contribution in [3.05, 3.63) is 0 Å². The van der Waals surface area contributed by atoms with Crippen LogP contribution < -0.4 is 5.32 Å². The first-order chi connectivity index (χ1) is 7.36. The number of likely N-dealkylation sites (tertiary alicyclic amines) is 1. The maximum atomic E-state index is 3.21. The first kappa shape index (κ1) is 13.0. The first-order valence-electron chi connectivity index (χ1n) is 6.73. The Bertz CT molecular complexity index is 147. The maximum Gasteiger partial charge on any atom is 0.00101 e. The van der Waals surface area contributed by atoms with E-state index in [4.69, 9.17) is 0 Å². The standard InChI is InChI=1S/C13H28N2/c1-3-7-13-8-11-15(12-13)10-6-4-5-9-14-2/h13-14H,3-12H2,1-2H3. The summed E-state index contributed by atoms with van der Waals surface area (Å²) < 4.78 is 0.